The molecule has 2 heterocycles. The molecular weight excluding hydrogens is 184 g/mol. The first-order valence-electron chi connectivity index (χ1n) is 4.24. The standard InChI is InChI=1S/C10H10O4/c1-3-9(11-5-1)7-13-14-8-10-4-2-6-12-10/h1-6H,7-8H2. The van der Waals surface area contributed by atoms with E-state index in [1.54, 1.807) is 24.7 Å². The van der Waals surface area contributed by atoms with Crippen molar-refractivity contribution >= 4 is 0 Å². The second kappa shape index (κ2) is 4.64. The van der Waals surface area contributed by atoms with Crippen LogP contribution in [-0.2, 0) is 23.0 Å². The van der Waals surface area contributed by atoms with Gasteiger partial charge in [-0.1, -0.05) is 0 Å². The Labute approximate surface area is 81.0 Å². The Morgan fingerprint density at radius 1 is 0.857 bits per heavy atom. The summed E-state index contributed by atoms with van der Waals surface area (Å²) in [7, 11) is 0. The molecule has 0 spiro atoms. The van der Waals surface area contributed by atoms with Crippen LogP contribution in [0.25, 0.3) is 0 Å². The highest BCUT2D eigenvalue weighted by molar-refractivity contribution is 4.96. The van der Waals surface area contributed by atoms with Crippen molar-refractivity contribution in [1.29, 1.82) is 0 Å². The molecule has 2 aromatic rings. The van der Waals surface area contributed by atoms with Crippen molar-refractivity contribution in [2.45, 2.75) is 13.2 Å². The van der Waals surface area contributed by atoms with Gasteiger partial charge >= 0.3 is 0 Å². The first kappa shape index (κ1) is 9.05. The zero-order chi connectivity index (χ0) is 9.64. The fourth-order valence-corrected chi connectivity index (χ4v) is 0.989. The fraction of sp³-hybridized carbons (Fsp3) is 0.200. The Hall–Kier alpha value is -1.52. The van der Waals surface area contributed by atoms with Gasteiger partial charge in [0.15, 0.2) is 0 Å². The second-order valence-corrected chi connectivity index (χ2v) is 2.68. The van der Waals surface area contributed by atoms with Gasteiger partial charge in [-0.3, -0.25) is 0 Å². The lowest BCUT2D eigenvalue weighted by Crippen LogP contribution is -1.94. The summed E-state index contributed by atoms with van der Waals surface area (Å²) in [5.74, 6) is 1.45. The molecule has 14 heavy (non-hydrogen) atoms. The Kier molecular flexibility index (Phi) is 3.00. The minimum absolute atomic E-state index is 0.299. The van der Waals surface area contributed by atoms with Crippen LogP contribution in [0.4, 0.5) is 0 Å². The van der Waals surface area contributed by atoms with Crippen LogP contribution in [0.5, 0.6) is 0 Å². The fourth-order valence-electron chi connectivity index (χ4n) is 0.989. The summed E-state index contributed by atoms with van der Waals surface area (Å²) in [5, 5.41) is 0. The first-order chi connectivity index (χ1) is 6.95. The van der Waals surface area contributed by atoms with Crippen molar-refractivity contribution < 1.29 is 18.6 Å². The van der Waals surface area contributed by atoms with E-state index in [9.17, 15) is 0 Å². The van der Waals surface area contributed by atoms with Gasteiger partial charge < -0.3 is 8.83 Å². The average Bonchev–Trinajstić information content (AvgIpc) is 2.86. The third kappa shape index (κ3) is 2.48. The lowest BCUT2D eigenvalue weighted by Gasteiger charge is -1.99. The molecule has 0 N–H and O–H groups in total. The van der Waals surface area contributed by atoms with Crippen LogP contribution in [0, 0.1) is 0 Å². The third-order valence-corrected chi connectivity index (χ3v) is 1.65. The van der Waals surface area contributed by atoms with Crippen LogP contribution in [0.2, 0.25) is 0 Å². The van der Waals surface area contributed by atoms with E-state index in [1.807, 2.05) is 12.1 Å². The lowest BCUT2D eigenvalue weighted by molar-refractivity contribution is -0.317. The molecule has 0 aliphatic carbocycles. The molecule has 0 unspecified atom stereocenters. The SMILES string of the molecule is c1coc(COOCc2ccco2)c1. The molecule has 0 aromatic carbocycles. The summed E-state index contributed by atoms with van der Waals surface area (Å²) in [5.41, 5.74) is 0. The van der Waals surface area contributed by atoms with Gasteiger partial charge in [-0.15, -0.1) is 0 Å². The third-order valence-electron chi connectivity index (χ3n) is 1.65. The molecule has 4 heteroatoms. The predicted molar refractivity (Wildman–Crippen MR) is 47.0 cm³/mol. The highest BCUT2D eigenvalue weighted by atomic mass is 17.2. The largest absolute Gasteiger partial charge is 0.467 e. The lowest BCUT2D eigenvalue weighted by atomic mass is 10.5. The first-order valence-corrected chi connectivity index (χ1v) is 4.24. The van der Waals surface area contributed by atoms with Crippen molar-refractivity contribution in [3.05, 3.63) is 48.3 Å². The van der Waals surface area contributed by atoms with E-state index in [4.69, 9.17) is 18.6 Å². The van der Waals surface area contributed by atoms with Crippen LogP contribution in [0.3, 0.4) is 0 Å². The van der Waals surface area contributed by atoms with E-state index in [-0.39, 0.29) is 0 Å². The normalized spacial score (nSPS) is 10.6. The molecule has 0 fully saturated rings. The van der Waals surface area contributed by atoms with Gasteiger partial charge in [0.25, 0.3) is 0 Å². The molecule has 0 saturated heterocycles. The van der Waals surface area contributed by atoms with Gasteiger partial charge in [-0.05, 0) is 24.3 Å². The maximum Gasteiger partial charge on any atom is 0.140 e. The number of rotatable bonds is 5. The molecule has 0 saturated carbocycles. The average molecular weight is 194 g/mol. The predicted octanol–water partition coefficient (Wildman–Crippen LogP) is 2.52. The quantitative estimate of drug-likeness (QED) is 0.416. The van der Waals surface area contributed by atoms with E-state index in [0.29, 0.717) is 13.2 Å². The number of hydrogen-bond donors (Lipinski definition) is 0. The van der Waals surface area contributed by atoms with Gasteiger partial charge in [0, 0.05) is 0 Å². The van der Waals surface area contributed by atoms with Crippen LogP contribution < -0.4 is 0 Å². The number of hydrogen-bond acceptors (Lipinski definition) is 4. The Morgan fingerprint density at radius 3 is 1.71 bits per heavy atom. The van der Waals surface area contributed by atoms with Gasteiger partial charge in [-0.2, -0.15) is 0 Å². The van der Waals surface area contributed by atoms with Gasteiger partial charge in [0.1, 0.15) is 24.7 Å². The second-order valence-electron chi connectivity index (χ2n) is 2.68. The van der Waals surface area contributed by atoms with E-state index >= 15 is 0 Å². The van der Waals surface area contributed by atoms with Crippen molar-refractivity contribution in [3.8, 4) is 0 Å². The molecule has 0 atom stereocenters. The minimum Gasteiger partial charge on any atom is -0.467 e. The van der Waals surface area contributed by atoms with E-state index in [2.05, 4.69) is 0 Å². The molecule has 0 radical (unpaired) electrons. The zero-order valence-electron chi connectivity index (χ0n) is 7.51. The van der Waals surface area contributed by atoms with Crippen LogP contribution in [0.1, 0.15) is 11.5 Å². The Bertz CT molecular complexity index is 300. The molecule has 0 aliphatic heterocycles. The smallest absolute Gasteiger partial charge is 0.140 e. The van der Waals surface area contributed by atoms with Crippen molar-refractivity contribution in [2.75, 3.05) is 0 Å². The molecule has 2 rings (SSSR count). The number of furan rings is 2. The summed E-state index contributed by atoms with van der Waals surface area (Å²) in [6.07, 6.45) is 3.18. The van der Waals surface area contributed by atoms with E-state index in [1.165, 1.54) is 0 Å². The van der Waals surface area contributed by atoms with Crippen molar-refractivity contribution in [1.82, 2.24) is 0 Å². The molecule has 4 nitrogen and oxygen atoms in total. The zero-order valence-corrected chi connectivity index (χ0v) is 7.51. The molecule has 0 bridgehead atoms. The van der Waals surface area contributed by atoms with Gasteiger partial charge in [0.2, 0.25) is 0 Å². The highest BCUT2D eigenvalue weighted by Gasteiger charge is 1.98. The molecule has 0 amide bonds. The monoisotopic (exact) mass is 194 g/mol. The highest BCUT2D eigenvalue weighted by Crippen LogP contribution is 2.05. The minimum atomic E-state index is 0.299. The molecule has 0 aliphatic rings. The van der Waals surface area contributed by atoms with Crippen molar-refractivity contribution in [2.24, 2.45) is 0 Å². The summed E-state index contributed by atoms with van der Waals surface area (Å²) >= 11 is 0. The van der Waals surface area contributed by atoms with Gasteiger partial charge in [-0.25, -0.2) is 9.78 Å². The van der Waals surface area contributed by atoms with Crippen LogP contribution in [-0.4, -0.2) is 0 Å². The van der Waals surface area contributed by atoms with Gasteiger partial charge in [0.05, 0.1) is 12.5 Å². The maximum absolute atomic E-state index is 5.04. The molecule has 74 valence electrons. The summed E-state index contributed by atoms with van der Waals surface area (Å²) in [6, 6.07) is 7.23. The Balaban J connectivity index is 1.65. The topological polar surface area (TPSA) is 44.7 Å². The van der Waals surface area contributed by atoms with Crippen LogP contribution in [0.15, 0.2) is 45.6 Å². The summed E-state index contributed by atoms with van der Waals surface area (Å²) < 4.78 is 10.1. The maximum atomic E-state index is 5.04. The summed E-state index contributed by atoms with van der Waals surface area (Å²) in [4.78, 5) is 9.80. The van der Waals surface area contributed by atoms with Crippen molar-refractivity contribution in [3.63, 3.8) is 0 Å². The molecular formula is C10H10O4. The Morgan fingerprint density at radius 2 is 1.36 bits per heavy atom. The summed E-state index contributed by atoms with van der Waals surface area (Å²) in [6.45, 7) is 0.599. The molecule has 2 aromatic heterocycles. The van der Waals surface area contributed by atoms with E-state index in [0.717, 1.165) is 11.5 Å². The van der Waals surface area contributed by atoms with E-state index < -0.39 is 0 Å². The van der Waals surface area contributed by atoms with Crippen LogP contribution >= 0.6 is 0 Å².